The Morgan fingerprint density at radius 2 is 1.74 bits per heavy atom. The van der Waals surface area contributed by atoms with Crippen molar-refractivity contribution in [2.45, 2.75) is 25.6 Å². The van der Waals surface area contributed by atoms with Gasteiger partial charge in [-0.25, -0.2) is 8.78 Å². The summed E-state index contributed by atoms with van der Waals surface area (Å²) in [6.07, 6.45) is 0.961. The van der Waals surface area contributed by atoms with Gasteiger partial charge in [-0.1, -0.05) is 29.8 Å². The Labute approximate surface area is 121 Å². The van der Waals surface area contributed by atoms with Crippen LogP contribution in [0.5, 0.6) is 5.75 Å². The Balaban J connectivity index is 2.37. The lowest BCUT2D eigenvalue weighted by Gasteiger charge is -2.10. The molecule has 0 saturated carbocycles. The summed E-state index contributed by atoms with van der Waals surface area (Å²) in [5.41, 5.74) is 0.538. The molecule has 0 amide bonds. The highest BCUT2D eigenvalue weighted by molar-refractivity contribution is 9.08. The molecule has 0 aliphatic rings. The zero-order chi connectivity index (χ0) is 14.3. The molecule has 108 valence electrons. The van der Waals surface area contributed by atoms with Gasteiger partial charge >= 0.3 is 0 Å². The van der Waals surface area contributed by atoms with Gasteiger partial charge in [0.2, 0.25) is 0 Å². The highest BCUT2D eigenvalue weighted by Crippen LogP contribution is 2.24. The zero-order valence-corrected chi connectivity index (χ0v) is 12.8. The van der Waals surface area contributed by atoms with Crippen LogP contribution in [0.3, 0.4) is 0 Å². The largest absolute Gasteiger partial charge is 0.485 e. The molecule has 0 aliphatic heterocycles. The highest BCUT2D eigenvalue weighted by Gasteiger charge is 2.12. The van der Waals surface area contributed by atoms with E-state index in [1.807, 2.05) is 0 Å². The molecule has 0 radical (unpaired) electrons. The van der Waals surface area contributed by atoms with Crippen LogP contribution in [0.15, 0.2) is 12.1 Å². The van der Waals surface area contributed by atoms with Gasteiger partial charge in [0.25, 0.3) is 0 Å². The number of alkyl halides is 1. The average Bonchev–Trinajstić information content (AvgIpc) is 2.35. The van der Waals surface area contributed by atoms with Crippen LogP contribution in [0.1, 0.15) is 25.8 Å². The van der Waals surface area contributed by atoms with Gasteiger partial charge in [-0.15, -0.1) is 0 Å². The van der Waals surface area contributed by atoms with Crippen molar-refractivity contribution in [2.75, 3.05) is 19.8 Å². The fourth-order valence-corrected chi connectivity index (χ4v) is 1.77. The minimum absolute atomic E-state index is 0.138. The van der Waals surface area contributed by atoms with E-state index >= 15 is 0 Å². The van der Waals surface area contributed by atoms with Crippen molar-refractivity contribution in [3.05, 3.63) is 29.3 Å². The zero-order valence-electron chi connectivity index (χ0n) is 11.2. The summed E-state index contributed by atoms with van der Waals surface area (Å²) in [5, 5.41) is 0.402. The monoisotopic (exact) mass is 336 g/mol. The first kappa shape index (κ1) is 16.4. The second kappa shape index (κ2) is 8.48. The first-order chi connectivity index (χ1) is 9.04. The van der Waals surface area contributed by atoms with Gasteiger partial charge < -0.3 is 9.47 Å². The van der Waals surface area contributed by atoms with E-state index in [4.69, 9.17) is 9.47 Å². The van der Waals surface area contributed by atoms with Crippen LogP contribution in [0.4, 0.5) is 8.78 Å². The Morgan fingerprint density at radius 3 is 2.26 bits per heavy atom. The molecule has 0 unspecified atom stereocenters. The molecule has 2 nitrogen and oxygen atoms in total. The molecule has 0 fully saturated rings. The number of ether oxygens (including phenoxy) is 2. The molecular weight excluding hydrogens is 318 g/mol. The van der Waals surface area contributed by atoms with Crippen molar-refractivity contribution in [3.8, 4) is 5.75 Å². The molecule has 0 aliphatic carbocycles. The second-order valence-corrected chi connectivity index (χ2v) is 5.23. The smallest absolute Gasteiger partial charge is 0.190 e. The maximum atomic E-state index is 13.6. The van der Waals surface area contributed by atoms with Crippen LogP contribution in [0.25, 0.3) is 0 Å². The van der Waals surface area contributed by atoms with E-state index in [2.05, 4.69) is 29.8 Å². The number of halogens is 3. The second-order valence-electron chi connectivity index (χ2n) is 4.67. The third kappa shape index (κ3) is 5.87. The predicted molar refractivity (Wildman–Crippen MR) is 74.8 cm³/mol. The number of hydrogen-bond acceptors (Lipinski definition) is 2. The summed E-state index contributed by atoms with van der Waals surface area (Å²) in [7, 11) is 0. The molecule has 1 aromatic carbocycles. The maximum absolute atomic E-state index is 13.6. The standard InChI is InChI=1S/C14H19BrF2O2/c1-10(2)3-4-18-5-6-19-14-12(16)7-11(9-15)8-13(14)17/h7-8,10H,3-6,9H2,1-2H3. The molecule has 0 spiro atoms. The van der Waals surface area contributed by atoms with Crippen molar-refractivity contribution >= 4 is 15.9 Å². The third-order valence-electron chi connectivity index (χ3n) is 2.53. The van der Waals surface area contributed by atoms with E-state index in [0.717, 1.165) is 6.42 Å². The third-order valence-corrected chi connectivity index (χ3v) is 3.17. The summed E-state index contributed by atoms with van der Waals surface area (Å²) in [4.78, 5) is 0. The van der Waals surface area contributed by atoms with Crippen molar-refractivity contribution in [1.29, 1.82) is 0 Å². The minimum atomic E-state index is -0.684. The molecule has 19 heavy (non-hydrogen) atoms. The van der Waals surface area contributed by atoms with Crippen molar-refractivity contribution < 1.29 is 18.3 Å². The molecule has 0 N–H and O–H groups in total. The van der Waals surface area contributed by atoms with Gasteiger partial charge in [0, 0.05) is 11.9 Å². The minimum Gasteiger partial charge on any atom is -0.485 e. The van der Waals surface area contributed by atoms with E-state index < -0.39 is 11.6 Å². The summed E-state index contributed by atoms with van der Waals surface area (Å²) >= 11 is 3.15. The van der Waals surface area contributed by atoms with Crippen LogP contribution in [-0.4, -0.2) is 19.8 Å². The van der Waals surface area contributed by atoms with E-state index in [0.29, 0.717) is 30.0 Å². The van der Waals surface area contributed by atoms with Gasteiger partial charge in [0.1, 0.15) is 6.61 Å². The first-order valence-electron chi connectivity index (χ1n) is 6.29. The first-order valence-corrected chi connectivity index (χ1v) is 7.41. The Morgan fingerprint density at radius 1 is 1.11 bits per heavy atom. The molecule has 1 aromatic rings. The van der Waals surface area contributed by atoms with Gasteiger partial charge in [0.15, 0.2) is 17.4 Å². The molecule has 0 saturated heterocycles. The van der Waals surface area contributed by atoms with E-state index in [9.17, 15) is 8.78 Å². The Kier molecular flexibility index (Phi) is 7.31. The molecule has 0 heterocycles. The maximum Gasteiger partial charge on any atom is 0.190 e. The van der Waals surface area contributed by atoms with Gasteiger partial charge in [-0.3, -0.25) is 0 Å². The van der Waals surface area contributed by atoms with Crippen molar-refractivity contribution in [1.82, 2.24) is 0 Å². The fourth-order valence-electron chi connectivity index (χ4n) is 1.45. The van der Waals surface area contributed by atoms with E-state index in [-0.39, 0.29) is 12.4 Å². The van der Waals surface area contributed by atoms with Gasteiger partial charge in [-0.05, 0) is 30.0 Å². The quantitative estimate of drug-likeness (QED) is 0.520. The summed E-state index contributed by atoms with van der Waals surface area (Å²) in [5.74, 6) is -1.13. The molecular formula is C14H19BrF2O2. The predicted octanol–water partition coefficient (Wildman–Crippen LogP) is 4.30. The molecule has 0 atom stereocenters. The van der Waals surface area contributed by atoms with Crippen molar-refractivity contribution in [3.63, 3.8) is 0 Å². The normalized spacial score (nSPS) is 11.1. The number of hydrogen-bond donors (Lipinski definition) is 0. The SMILES string of the molecule is CC(C)CCOCCOc1c(F)cc(CBr)cc1F. The van der Waals surface area contributed by atoms with Crippen molar-refractivity contribution in [2.24, 2.45) is 5.92 Å². The molecule has 0 aromatic heterocycles. The summed E-state index contributed by atoms with van der Waals surface area (Å²) in [6.45, 7) is 5.31. The topological polar surface area (TPSA) is 18.5 Å². The Bertz CT molecular complexity index is 374. The lowest BCUT2D eigenvalue weighted by molar-refractivity contribution is 0.0899. The van der Waals surface area contributed by atoms with Crippen LogP contribution in [0, 0.1) is 17.6 Å². The Hall–Kier alpha value is -0.680. The highest BCUT2D eigenvalue weighted by atomic mass is 79.9. The van der Waals surface area contributed by atoms with Crippen LogP contribution < -0.4 is 4.74 Å². The lowest BCUT2D eigenvalue weighted by Crippen LogP contribution is -2.10. The summed E-state index contributed by atoms with van der Waals surface area (Å²) < 4.78 is 37.5. The van der Waals surface area contributed by atoms with Gasteiger partial charge in [0.05, 0.1) is 6.61 Å². The van der Waals surface area contributed by atoms with Crippen LogP contribution in [0.2, 0.25) is 0 Å². The number of rotatable bonds is 8. The average molecular weight is 337 g/mol. The van der Waals surface area contributed by atoms with E-state index in [1.54, 1.807) is 0 Å². The van der Waals surface area contributed by atoms with Crippen LogP contribution in [-0.2, 0) is 10.1 Å². The lowest BCUT2D eigenvalue weighted by atomic mass is 10.1. The molecule has 1 rings (SSSR count). The van der Waals surface area contributed by atoms with Gasteiger partial charge in [-0.2, -0.15) is 0 Å². The fraction of sp³-hybridized carbons (Fsp3) is 0.571. The molecule has 0 bridgehead atoms. The van der Waals surface area contributed by atoms with Crippen LogP contribution >= 0.6 is 15.9 Å². The number of benzene rings is 1. The summed E-state index contributed by atoms with van der Waals surface area (Å²) in [6, 6.07) is 2.51. The molecule has 5 heteroatoms. The van der Waals surface area contributed by atoms with E-state index in [1.165, 1.54) is 12.1 Å².